The van der Waals surface area contributed by atoms with E-state index >= 15 is 0 Å². The molecule has 2 atom stereocenters. The Balaban J connectivity index is 3.05. The van der Waals surface area contributed by atoms with E-state index in [-0.39, 0.29) is 5.76 Å². The SMILES string of the molecule is NC1(C(=O)O)C=C(O)C=CC1O. The van der Waals surface area contributed by atoms with Crippen LogP contribution in [0.1, 0.15) is 0 Å². The normalized spacial score (nSPS) is 34.5. The maximum absolute atomic E-state index is 10.6. The second kappa shape index (κ2) is 2.62. The Labute approximate surface area is 68.4 Å². The summed E-state index contributed by atoms with van der Waals surface area (Å²) in [5, 5.41) is 26.7. The Hall–Kier alpha value is -1.33. The number of carboxylic acid groups (broad SMARTS) is 1. The molecule has 0 saturated carbocycles. The number of aliphatic hydroxyl groups excluding tert-OH is 2. The third kappa shape index (κ3) is 1.19. The summed E-state index contributed by atoms with van der Waals surface area (Å²) in [6.07, 6.45) is 1.91. The van der Waals surface area contributed by atoms with Crippen LogP contribution in [0.3, 0.4) is 0 Å². The summed E-state index contributed by atoms with van der Waals surface area (Å²) < 4.78 is 0. The van der Waals surface area contributed by atoms with Gasteiger partial charge in [-0.2, -0.15) is 0 Å². The quantitative estimate of drug-likeness (QED) is 0.411. The van der Waals surface area contributed by atoms with Crippen molar-refractivity contribution < 1.29 is 20.1 Å². The zero-order valence-electron chi connectivity index (χ0n) is 6.14. The number of allylic oxidation sites excluding steroid dienone is 1. The van der Waals surface area contributed by atoms with Crippen LogP contribution in [0.4, 0.5) is 0 Å². The Bertz CT molecular complexity index is 271. The van der Waals surface area contributed by atoms with Crippen molar-refractivity contribution >= 4 is 5.97 Å². The number of aliphatic carboxylic acids is 1. The summed E-state index contributed by atoms with van der Waals surface area (Å²) >= 11 is 0. The molecule has 1 aliphatic carbocycles. The zero-order valence-corrected chi connectivity index (χ0v) is 6.14. The fourth-order valence-electron chi connectivity index (χ4n) is 0.915. The summed E-state index contributed by atoms with van der Waals surface area (Å²) in [7, 11) is 0. The van der Waals surface area contributed by atoms with Gasteiger partial charge in [0.05, 0.1) is 0 Å². The highest BCUT2D eigenvalue weighted by Crippen LogP contribution is 2.18. The first-order valence-electron chi connectivity index (χ1n) is 3.27. The van der Waals surface area contributed by atoms with E-state index in [2.05, 4.69) is 0 Å². The second-order valence-electron chi connectivity index (χ2n) is 2.61. The highest BCUT2D eigenvalue weighted by molar-refractivity contribution is 5.83. The lowest BCUT2D eigenvalue weighted by molar-refractivity contribution is -0.144. The lowest BCUT2D eigenvalue weighted by atomic mass is 9.89. The average Bonchev–Trinajstić information content (AvgIpc) is 1.97. The molecule has 0 bridgehead atoms. The van der Waals surface area contributed by atoms with Gasteiger partial charge in [-0.1, -0.05) is 0 Å². The summed E-state index contributed by atoms with van der Waals surface area (Å²) in [6, 6.07) is 0. The largest absolute Gasteiger partial charge is 0.508 e. The van der Waals surface area contributed by atoms with Gasteiger partial charge in [-0.05, 0) is 18.2 Å². The molecule has 0 aliphatic heterocycles. The van der Waals surface area contributed by atoms with Gasteiger partial charge in [0.1, 0.15) is 11.9 Å². The van der Waals surface area contributed by atoms with E-state index in [1.54, 1.807) is 0 Å². The number of carbonyl (C=O) groups is 1. The minimum atomic E-state index is -1.92. The molecule has 1 aliphatic rings. The molecule has 0 spiro atoms. The predicted molar refractivity (Wildman–Crippen MR) is 40.4 cm³/mol. The van der Waals surface area contributed by atoms with E-state index in [1.165, 1.54) is 6.08 Å². The van der Waals surface area contributed by atoms with Crippen LogP contribution in [0.25, 0.3) is 0 Å². The topological polar surface area (TPSA) is 104 Å². The molecule has 2 unspecified atom stereocenters. The standard InChI is InChI=1S/C7H9NO4/c8-7(6(11)12)3-4(9)1-2-5(7)10/h1-3,5,9-10H,8H2,(H,11,12). The van der Waals surface area contributed by atoms with Crippen molar-refractivity contribution in [2.24, 2.45) is 5.73 Å². The van der Waals surface area contributed by atoms with Crippen molar-refractivity contribution in [2.45, 2.75) is 11.6 Å². The molecule has 0 saturated heterocycles. The summed E-state index contributed by atoms with van der Waals surface area (Å²) in [5.74, 6) is -1.64. The van der Waals surface area contributed by atoms with E-state index in [0.717, 1.165) is 12.2 Å². The van der Waals surface area contributed by atoms with Crippen LogP contribution >= 0.6 is 0 Å². The Morgan fingerprint density at radius 2 is 2.25 bits per heavy atom. The Morgan fingerprint density at radius 1 is 1.67 bits per heavy atom. The lowest BCUT2D eigenvalue weighted by Crippen LogP contribution is -2.56. The number of hydrogen-bond donors (Lipinski definition) is 4. The minimum Gasteiger partial charge on any atom is -0.508 e. The molecule has 1 rings (SSSR count). The van der Waals surface area contributed by atoms with Crippen molar-refractivity contribution in [1.82, 2.24) is 0 Å². The van der Waals surface area contributed by atoms with Crippen LogP contribution in [0, 0.1) is 0 Å². The minimum absolute atomic E-state index is 0.259. The summed E-state index contributed by atoms with van der Waals surface area (Å²) in [5.41, 5.74) is 3.38. The van der Waals surface area contributed by atoms with Gasteiger partial charge in [-0.25, -0.2) is 4.79 Å². The lowest BCUT2D eigenvalue weighted by Gasteiger charge is -2.27. The molecule has 66 valence electrons. The molecule has 0 heterocycles. The van der Waals surface area contributed by atoms with Gasteiger partial charge in [-0.3, -0.25) is 0 Å². The molecule has 0 aromatic carbocycles. The molecule has 0 amide bonds. The monoisotopic (exact) mass is 171 g/mol. The Morgan fingerprint density at radius 3 is 2.67 bits per heavy atom. The fraction of sp³-hybridized carbons (Fsp3) is 0.286. The first-order chi connectivity index (χ1) is 5.47. The molecule has 12 heavy (non-hydrogen) atoms. The molecule has 5 N–H and O–H groups in total. The molecular weight excluding hydrogens is 162 g/mol. The maximum Gasteiger partial charge on any atom is 0.330 e. The first kappa shape index (κ1) is 8.76. The van der Waals surface area contributed by atoms with Crippen molar-refractivity contribution in [2.75, 3.05) is 0 Å². The van der Waals surface area contributed by atoms with Gasteiger partial charge in [0, 0.05) is 0 Å². The summed E-state index contributed by atoms with van der Waals surface area (Å²) in [6.45, 7) is 0. The van der Waals surface area contributed by atoms with E-state index in [9.17, 15) is 4.79 Å². The number of nitrogens with two attached hydrogens (primary N) is 1. The van der Waals surface area contributed by atoms with Gasteiger partial charge in [0.15, 0.2) is 5.54 Å². The number of hydrogen-bond acceptors (Lipinski definition) is 4. The first-order valence-corrected chi connectivity index (χ1v) is 3.27. The molecule has 0 aromatic heterocycles. The number of carboxylic acids is 1. The van der Waals surface area contributed by atoms with Crippen LogP contribution in [0.2, 0.25) is 0 Å². The van der Waals surface area contributed by atoms with Crippen molar-refractivity contribution in [3.63, 3.8) is 0 Å². The van der Waals surface area contributed by atoms with Crippen molar-refractivity contribution in [3.8, 4) is 0 Å². The van der Waals surface area contributed by atoms with Gasteiger partial charge >= 0.3 is 5.97 Å². The molecular formula is C7H9NO4. The van der Waals surface area contributed by atoms with Gasteiger partial charge in [0.25, 0.3) is 0 Å². The number of rotatable bonds is 1. The zero-order chi connectivity index (χ0) is 9.35. The van der Waals surface area contributed by atoms with E-state index in [4.69, 9.17) is 21.1 Å². The van der Waals surface area contributed by atoms with E-state index < -0.39 is 17.6 Å². The van der Waals surface area contributed by atoms with E-state index in [0.29, 0.717) is 0 Å². The predicted octanol–water partition coefficient (Wildman–Crippen LogP) is -0.859. The van der Waals surface area contributed by atoms with Crippen LogP contribution < -0.4 is 5.73 Å². The Kier molecular flexibility index (Phi) is 1.91. The number of aliphatic hydroxyl groups is 2. The van der Waals surface area contributed by atoms with Crippen LogP contribution in [0.5, 0.6) is 0 Å². The van der Waals surface area contributed by atoms with Crippen molar-refractivity contribution in [1.29, 1.82) is 0 Å². The maximum atomic E-state index is 10.6. The van der Waals surface area contributed by atoms with Crippen LogP contribution in [-0.2, 0) is 4.79 Å². The molecule has 5 heteroatoms. The average molecular weight is 171 g/mol. The molecule has 5 nitrogen and oxygen atoms in total. The fourth-order valence-corrected chi connectivity index (χ4v) is 0.915. The van der Waals surface area contributed by atoms with Crippen molar-refractivity contribution in [3.05, 3.63) is 24.0 Å². The van der Waals surface area contributed by atoms with Gasteiger partial charge in [-0.15, -0.1) is 0 Å². The molecule has 0 aromatic rings. The third-order valence-electron chi connectivity index (χ3n) is 1.70. The van der Waals surface area contributed by atoms with Crippen LogP contribution in [-0.4, -0.2) is 32.9 Å². The van der Waals surface area contributed by atoms with Gasteiger partial charge in [0.2, 0.25) is 0 Å². The highest BCUT2D eigenvalue weighted by atomic mass is 16.4. The van der Waals surface area contributed by atoms with Gasteiger partial charge < -0.3 is 21.1 Å². The highest BCUT2D eigenvalue weighted by Gasteiger charge is 2.40. The third-order valence-corrected chi connectivity index (χ3v) is 1.70. The van der Waals surface area contributed by atoms with E-state index in [1.807, 2.05) is 0 Å². The van der Waals surface area contributed by atoms with Crippen LogP contribution in [0.15, 0.2) is 24.0 Å². The molecule has 0 fully saturated rings. The summed E-state index contributed by atoms with van der Waals surface area (Å²) in [4.78, 5) is 10.6. The second-order valence-corrected chi connectivity index (χ2v) is 2.61. The smallest absolute Gasteiger partial charge is 0.330 e. The molecule has 0 radical (unpaired) electrons.